The molecule has 8 nitrogen and oxygen atoms in total. The van der Waals surface area contributed by atoms with Gasteiger partial charge in [-0.1, -0.05) is 11.8 Å². The summed E-state index contributed by atoms with van der Waals surface area (Å²) in [6.07, 6.45) is 4.23. The fourth-order valence-corrected chi connectivity index (χ4v) is 3.59. The van der Waals surface area contributed by atoms with Crippen molar-refractivity contribution in [1.82, 2.24) is 24.5 Å². The van der Waals surface area contributed by atoms with Gasteiger partial charge in [-0.2, -0.15) is 4.37 Å². The number of aliphatic hydroxyl groups is 1. The molecule has 142 valence electrons. The van der Waals surface area contributed by atoms with E-state index in [1.54, 1.807) is 19.5 Å². The maximum atomic E-state index is 9.09. The van der Waals surface area contributed by atoms with Crippen LogP contribution in [-0.4, -0.2) is 55.4 Å². The van der Waals surface area contributed by atoms with Crippen LogP contribution >= 0.6 is 11.5 Å². The van der Waals surface area contributed by atoms with Gasteiger partial charge in [0.05, 0.1) is 6.54 Å². The maximum absolute atomic E-state index is 9.09. The Morgan fingerprint density at radius 2 is 2.11 bits per heavy atom. The molecule has 0 aliphatic carbocycles. The lowest BCUT2D eigenvalue weighted by Crippen LogP contribution is -2.34. The van der Waals surface area contributed by atoms with Crippen molar-refractivity contribution in [3.8, 4) is 22.5 Å². The number of aromatic nitrogens is 5. The molecule has 9 heteroatoms. The van der Waals surface area contributed by atoms with Crippen LogP contribution in [0, 0.1) is 11.8 Å². The number of ether oxygens (including phenoxy) is 1. The molecule has 0 saturated carbocycles. The Bertz CT molecular complexity index is 999. The highest BCUT2D eigenvalue weighted by molar-refractivity contribution is 7.09. The zero-order valence-corrected chi connectivity index (χ0v) is 16.1. The topological polar surface area (TPSA) is 97.2 Å². The predicted octanol–water partition coefficient (Wildman–Crippen LogP) is 1.53. The Hall–Kier alpha value is -2.93. The molecular formula is C19H18N6O2S. The van der Waals surface area contributed by atoms with Crippen LogP contribution in [-0.2, 0) is 11.3 Å². The lowest BCUT2D eigenvalue weighted by molar-refractivity contribution is 0.0602. The van der Waals surface area contributed by atoms with Crippen molar-refractivity contribution < 1.29 is 9.84 Å². The van der Waals surface area contributed by atoms with Crippen LogP contribution in [0.25, 0.3) is 10.7 Å². The van der Waals surface area contributed by atoms with E-state index in [1.165, 1.54) is 11.5 Å². The van der Waals surface area contributed by atoms with E-state index < -0.39 is 5.60 Å². The molecule has 0 amide bonds. The third kappa shape index (κ3) is 3.84. The van der Waals surface area contributed by atoms with Gasteiger partial charge in [0.25, 0.3) is 0 Å². The number of aliphatic hydroxyl groups excluding tert-OH is 1. The number of rotatable bonds is 4. The molecule has 0 radical (unpaired) electrons. The minimum absolute atomic E-state index is 0.185. The first kappa shape index (κ1) is 18.4. The van der Waals surface area contributed by atoms with Gasteiger partial charge in [-0.25, -0.2) is 4.98 Å². The summed E-state index contributed by atoms with van der Waals surface area (Å²) in [7, 11) is 1.69. The molecule has 0 spiro atoms. The smallest absolute Gasteiger partial charge is 0.168 e. The van der Waals surface area contributed by atoms with Crippen molar-refractivity contribution >= 4 is 17.4 Å². The quantitative estimate of drug-likeness (QED) is 0.666. The minimum Gasteiger partial charge on any atom is -0.388 e. The molecule has 0 bridgehead atoms. The molecule has 4 heterocycles. The molecule has 3 aromatic rings. The maximum Gasteiger partial charge on any atom is 0.168 e. The number of hydrogen-bond acceptors (Lipinski definition) is 9. The molecule has 1 N–H and O–H groups in total. The highest BCUT2D eigenvalue weighted by Gasteiger charge is 2.37. The van der Waals surface area contributed by atoms with E-state index in [1.807, 2.05) is 24.3 Å². The van der Waals surface area contributed by atoms with Crippen molar-refractivity contribution in [2.45, 2.75) is 18.6 Å². The highest BCUT2D eigenvalue weighted by Crippen LogP contribution is 2.28. The molecule has 1 fully saturated rings. The second kappa shape index (κ2) is 7.98. The van der Waals surface area contributed by atoms with E-state index in [9.17, 15) is 0 Å². The Morgan fingerprint density at radius 3 is 2.79 bits per heavy atom. The Balaban J connectivity index is 1.49. The molecule has 1 aliphatic rings. The third-order valence-corrected chi connectivity index (χ3v) is 5.32. The van der Waals surface area contributed by atoms with Crippen molar-refractivity contribution in [1.29, 1.82) is 0 Å². The molecule has 0 aromatic carbocycles. The van der Waals surface area contributed by atoms with E-state index in [2.05, 4.69) is 41.3 Å². The summed E-state index contributed by atoms with van der Waals surface area (Å²) >= 11 is 1.19. The lowest BCUT2D eigenvalue weighted by Gasteiger charge is -2.22. The number of anilines is 1. The summed E-state index contributed by atoms with van der Waals surface area (Å²) in [4.78, 5) is 10.3. The first-order valence-electron chi connectivity index (χ1n) is 8.72. The molecule has 1 unspecified atom stereocenters. The van der Waals surface area contributed by atoms with Gasteiger partial charge in [-0.15, -0.1) is 10.2 Å². The van der Waals surface area contributed by atoms with Crippen LogP contribution in [0.15, 0.2) is 36.7 Å². The SMILES string of the molecule is COC1(C#Cc2ccncc2)CCN(c2ccc(-c3nc(CO)ns3)nn2)C1. The Kier molecular flexibility index (Phi) is 5.25. The second-order valence-corrected chi connectivity index (χ2v) is 7.06. The molecule has 28 heavy (non-hydrogen) atoms. The fraction of sp³-hybridized carbons (Fsp3) is 0.316. The van der Waals surface area contributed by atoms with Gasteiger partial charge in [0.2, 0.25) is 0 Å². The third-order valence-electron chi connectivity index (χ3n) is 4.54. The summed E-state index contributed by atoms with van der Waals surface area (Å²) < 4.78 is 9.81. The highest BCUT2D eigenvalue weighted by atomic mass is 32.1. The van der Waals surface area contributed by atoms with E-state index in [0.717, 1.165) is 24.3 Å². The van der Waals surface area contributed by atoms with Crippen LogP contribution in [0.1, 0.15) is 17.8 Å². The first-order chi connectivity index (χ1) is 13.7. The largest absolute Gasteiger partial charge is 0.388 e. The summed E-state index contributed by atoms with van der Waals surface area (Å²) in [6, 6.07) is 7.52. The van der Waals surface area contributed by atoms with Gasteiger partial charge >= 0.3 is 0 Å². The van der Waals surface area contributed by atoms with Gasteiger partial charge in [-0.05, 0) is 35.8 Å². The van der Waals surface area contributed by atoms with Crippen LogP contribution in [0.2, 0.25) is 0 Å². The number of nitrogens with zero attached hydrogens (tertiary/aromatic N) is 6. The molecule has 1 atom stereocenters. The monoisotopic (exact) mass is 394 g/mol. The summed E-state index contributed by atoms with van der Waals surface area (Å²) in [6.45, 7) is 1.21. The van der Waals surface area contributed by atoms with Crippen molar-refractivity contribution in [2.24, 2.45) is 0 Å². The van der Waals surface area contributed by atoms with E-state index in [0.29, 0.717) is 23.1 Å². The Labute approximate surface area is 166 Å². The number of hydrogen-bond donors (Lipinski definition) is 1. The zero-order chi connectivity index (χ0) is 19.4. The summed E-state index contributed by atoms with van der Waals surface area (Å²) in [5.41, 5.74) is 1.00. The average Bonchev–Trinajstić information content (AvgIpc) is 3.41. The molecule has 1 saturated heterocycles. The van der Waals surface area contributed by atoms with Crippen LogP contribution < -0.4 is 4.90 Å². The summed E-state index contributed by atoms with van der Waals surface area (Å²) in [5, 5.41) is 18.3. The molecule has 4 rings (SSSR count). The molecular weight excluding hydrogens is 376 g/mol. The zero-order valence-electron chi connectivity index (χ0n) is 15.2. The number of methoxy groups -OCH3 is 1. The van der Waals surface area contributed by atoms with Crippen molar-refractivity contribution in [2.75, 3.05) is 25.1 Å². The Morgan fingerprint density at radius 1 is 1.25 bits per heavy atom. The predicted molar refractivity (Wildman–Crippen MR) is 105 cm³/mol. The van der Waals surface area contributed by atoms with Crippen LogP contribution in [0.4, 0.5) is 5.82 Å². The lowest BCUT2D eigenvalue weighted by atomic mass is 10.0. The minimum atomic E-state index is -0.543. The fourth-order valence-electron chi connectivity index (χ4n) is 2.95. The second-order valence-electron chi connectivity index (χ2n) is 6.31. The molecule has 3 aromatic heterocycles. The summed E-state index contributed by atoms with van der Waals surface area (Å²) in [5.74, 6) is 7.61. The average molecular weight is 394 g/mol. The van der Waals surface area contributed by atoms with Gasteiger partial charge in [0.1, 0.15) is 17.9 Å². The normalized spacial score (nSPS) is 18.7. The van der Waals surface area contributed by atoms with E-state index in [4.69, 9.17) is 9.84 Å². The first-order valence-corrected chi connectivity index (χ1v) is 9.49. The standard InChI is InChI=1S/C19H18N6O2S/c1-27-19(7-4-14-5-9-20-10-6-14)8-11-25(13-19)17-3-2-15(22-23-17)18-21-16(12-26)24-28-18/h2-3,5-6,9-10,26H,8,11-13H2,1H3. The van der Waals surface area contributed by atoms with Gasteiger partial charge < -0.3 is 14.7 Å². The van der Waals surface area contributed by atoms with Crippen LogP contribution in [0.3, 0.4) is 0 Å². The van der Waals surface area contributed by atoms with Gasteiger partial charge in [0.15, 0.2) is 16.6 Å². The van der Waals surface area contributed by atoms with E-state index >= 15 is 0 Å². The van der Waals surface area contributed by atoms with Crippen LogP contribution in [0.5, 0.6) is 0 Å². The molecule has 1 aliphatic heterocycles. The number of pyridine rings is 1. The van der Waals surface area contributed by atoms with E-state index in [-0.39, 0.29) is 6.61 Å². The van der Waals surface area contributed by atoms with Crippen molar-refractivity contribution in [3.63, 3.8) is 0 Å². The van der Waals surface area contributed by atoms with Gasteiger partial charge in [0, 0.05) is 38.0 Å². The van der Waals surface area contributed by atoms with Gasteiger partial charge in [-0.3, -0.25) is 4.98 Å². The van der Waals surface area contributed by atoms with Crippen molar-refractivity contribution in [3.05, 3.63) is 48.0 Å².